The number of thioether (sulfide) groups is 1. The van der Waals surface area contributed by atoms with Crippen LogP contribution in [-0.4, -0.2) is 39.9 Å². The Morgan fingerprint density at radius 2 is 2.06 bits per heavy atom. The van der Waals surface area contributed by atoms with Crippen LogP contribution in [0.2, 0.25) is 0 Å². The van der Waals surface area contributed by atoms with Gasteiger partial charge in [-0.2, -0.15) is 11.8 Å². The molecule has 0 aromatic carbocycles. The average Bonchev–Trinajstić information content (AvgIpc) is 2.33. The van der Waals surface area contributed by atoms with Crippen molar-refractivity contribution in [3.8, 4) is 0 Å². The number of rotatable bonds is 4. The highest BCUT2D eigenvalue weighted by Gasteiger charge is 2.38. The summed E-state index contributed by atoms with van der Waals surface area (Å²) in [6.45, 7) is 1.62. The van der Waals surface area contributed by atoms with Crippen LogP contribution in [0.4, 0.5) is 0 Å². The van der Waals surface area contributed by atoms with E-state index in [-0.39, 0.29) is 4.75 Å². The van der Waals surface area contributed by atoms with E-state index in [2.05, 4.69) is 6.26 Å². The lowest BCUT2D eigenvalue weighted by atomic mass is 9.82. The van der Waals surface area contributed by atoms with Crippen molar-refractivity contribution in [3.05, 3.63) is 0 Å². The second-order valence-electron chi connectivity index (χ2n) is 5.44. The van der Waals surface area contributed by atoms with Crippen molar-refractivity contribution in [1.82, 2.24) is 4.90 Å². The largest absolute Gasteiger partial charge is 0.392 e. The number of hydrogen-bond donors (Lipinski definition) is 1. The molecule has 3 nitrogen and oxygen atoms in total. The van der Waals surface area contributed by atoms with E-state index < -0.39 is 0 Å². The zero-order valence-electron chi connectivity index (χ0n) is 11.0. The van der Waals surface area contributed by atoms with Gasteiger partial charge in [-0.3, -0.25) is 4.79 Å². The second-order valence-corrected chi connectivity index (χ2v) is 7.07. The Hall–Kier alpha value is -0.290. The second kappa shape index (κ2) is 5.78. The summed E-state index contributed by atoms with van der Waals surface area (Å²) in [5, 5.41) is 0. The fourth-order valence-corrected chi connectivity index (χ4v) is 3.99. The Morgan fingerprint density at radius 1 is 1.44 bits per heavy atom. The van der Waals surface area contributed by atoms with Gasteiger partial charge < -0.3 is 10.6 Å². The third kappa shape index (κ3) is 2.82. The van der Waals surface area contributed by atoms with Gasteiger partial charge in [0.1, 0.15) is 0 Å². The third-order valence-corrected chi connectivity index (χ3v) is 6.38. The summed E-state index contributed by atoms with van der Waals surface area (Å²) in [5.74, 6) is 0.984. The lowest BCUT2D eigenvalue weighted by Crippen LogP contribution is -2.51. The molecule has 0 spiro atoms. The van der Waals surface area contributed by atoms with Gasteiger partial charge in [0.25, 0.3) is 0 Å². The van der Waals surface area contributed by atoms with Gasteiger partial charge in [0.15, 0.2) is 0 Å². The summed E-state index contributed by atoms with van der Waals surface area (Å²) < 4.78 is -0.0808. The van der Waals surface area contributed by atoms with E-state index in [1.54, 1.807) is 11.8 Å². The molecule has 0 aromatic heterocycles. The summed E-state index contributed by atoms with van der Waals surface area (Å²) in [6.07, 6.45) is 8.39. The van der Waals surface area contributed by atoms with E-state index in [4.69, 9.17) is 18.0 Å². The summed E-state index contributed by atoms with van der Waals surface area (Å²) in [4.78, 5) is 14.7. The Balaban J connectivity index is 1.85. The number of carbonyl (C=O) groups is 1. The van der Waals surface area contributed by atoms with Crippen molar-refractivity contribution >= 4 is 34.9 Å². The van der Waals surface area contributed by atoms with Gasteiger partial charge in [-0.1, -0.05) is 18.6 Å². The molecule has 2 N–H and O–H groups in total. The highest BCUT2D eigenvalue weighted by atomic mass is 32.2. The van der Waals surface area contributed by atoms with Crippen LogP contribution in [0.15, 0.2) is 0 Å². The first kappa shape index (κ1) is 14.1. The molecule has 1 saturated carbocycles. The standard InChI is InChI=1S/C13H22N2OS2/c1-18-13(12(14)17)5-7-15(8-6-13)11(16)9-10-3-2-4-10/h10H,2-9H2,1H3,(H2,14,17). The minimum atomic E-state index is -0.0808. The summed E-state index contributed by atoms with van der Waals surface area (Å²) in [5.41, 5.74) is 5.85. The van der Waals surface area contributed by atoms with Crippen molar-refractivity contribution in [2.24, 2.45) is 11.7 Å². The molecule has 102 valence electrons. The van der Waals surface area contributed by atoms with Gasteiger partial charge in [-0.15, -0.1) is 0 Å². The zero-order valence-corrected chi connectivity index (χ0v) is 12.6. The fourth-order valence-electron chi connectivity index (χ4n) is 2.74. The van der Waals surface area contributed by atoms with Crippen molar-refractivity contribution in [2.75, 3.05) is 19.3 Å². The first-order chi connectivity index (χ1) is 8.57. The highest BCUT2D eigenvalue weighted by Crippen LogP contribution is 2.36. The number of amides is 1. The van der Waals surface area contributed by atoms with E-state index in [9.17, 15) is 4.79 Å². The van der Waals surface area contributed by atoms with Crippen LogP contribution in [0.1, 0.15) is 38.5 Å². The molecule has 1 aliphatic carbocycles. The number of piperidine rings is 1. The first-order valence-corrected chi connectivity index (χ1v) is 8.33. The molecule has 1 heterocycles. The van der Waals surface area contributed by atoms with Gasteiger partial charge in [0, 0.05) is 19.5 Å². The number of nitrogens with two attached hydrogens (primary N) is 1. The highest BCUT2D eigenvalue weighted by molar-refractivity contribution is 8.02. The van der Waals surface area contributed by atoms with Crippen LogP contribution in [0.3, 0.4) is 0 Å². The van der Waals surface area contributed by atoms with Crippen LogP contribution in [-0.2, 0) is 4.79 Å². The first-order valence-electron chi connectivity index (χ1n) is 6.70. The molecular formula is C13H22N2OS2. The molecule has 1 aliphatic heterocycles. The van der Waals surface area contributed by atoms with Crippen molar-refractivity contribution in [1.29, 1.82) is 0 Å². The van der Waals surface area contributed by atoms with Crippen LogP contribution >= 0.6 is 24.0 Å². The molecular weight excluding hydrogens is 264 g/mol. The minimum Gasteiger partial charge on any atom is -0.392 e. The van der Waals surface area contributed by atoms with Gasteiger partial charge in [-0.05, 0) is 37.9 Å². The Kier molecular flexibility index (Phi) is 4.54. The number of thiocarbonyl (C=S) groups is 1. The van der Waals surface area contributed by atoms with E-state index in [0.717, 1.165) is 32.4 Å². The molecule has 0 aromatic rings. The smallest absolute Gasteiger partial charge is 0.222 e. The molecule has 0 bridgehead atoms. The monoisotopic (exact) mass is 286 g/mol. The number of carbonyl (C=O) groups excluding carboxylic acids is 1. The maximum atomic E-state index is 12.1. The lowest BCUT2D eigenvalue weighted by Gasteiger charge is -2.40. The summed E-state index contributed by atoms with van der Waals surface area (Å²) >= 11 is 6.92. The van der Waals surface area contributed by atoms with Crippen LogP contribution < -0.4 is 5.73 Å². The SMILES string of the molecule is CSC1(C(N)=S)CCN(C(=O)CC2CCC2)CC1. The third-order valence-electron chi connectivity index (χ3n) is 4.45. The van der Waals surface area contributed by atoms with E-state index >= 15 is 0 Å². The Morgan fingerprint density at radius 3 is 2.44 bits per heavy atom. The van der Waals surface area contributed by atoms with Gasteiger partial charge >= 0.3 is 0 Å². The molecule has 0 atom stereocenters. The maximum Gasteiger partial charge on any atom is 0.222 e. The van der Waals surface area contributed by atoms with Crippen LogP contribution in [0.5, 0.6) is 0 Å². The predicted molar refractivity (Wildman–Crippen MR) is 80.8 cm³/mol. The Labute approximate surface area is 119 Å². The van der Waals surface area contributed by atoms with Gasteiger partial charge in [-0.25, -0.2) is 0 Å². The number of nitrogens with zero attached hydrogens (tertiary/aromatic N) is 1. The predicted octanol–water partition coefficient (Wildman–Crippen LogP) is 2.19. The zero-order chi connectivity index (χ0) is 13.2. The summed E-state index contributed by atoms with van der Waals surface area (Å²) in [6, 6.07) is 0. The molecule has 18 heavy (non-hydrogen) atoms. The fraction of sp³-hybridized carbons (Fsp3) is 0.846. The van der Waals surface area contributed by atoms with E-state index in [1.807, 2.05) is 4.90 Å². The quantitative estimate of drug-likeness (QED) is 0.805. The minimum absolute atomic E-state index is 0.0808. The number of hydrogen-bond acceptors (Lipinski definition) is 3. The summed E-state index contributed by atoms with van der Waals surface area (Å²) in [7, 11) is 0. The normalized spacial score (nSPS) is 23.5. The van der Waals surface area contributed by atoms with E-state index in [1.165, 1.54) is 19.3 Å². The molecule has 2 aliphatic rings. The molecule has 1 amide bonds. The maximum absolute atomic E-state index is 12.1. The van der Waals surface area contributed by atoms with Crippen molar-refractivity contribution < 1.29 is 4.79 Å². The van der Waals surface area contributed by atoms with Crippen LogP contribution in [0.25, 0.3) is 0 Å². The average molecular weight is 286 g/mol. The molecule has 2 rings (SSSR count). The molecule has 0 unspecified atom stereocenters. The number of likely N-dealkylation sites (tertiary alicyclic amines) is 1. The molecule has 5 heteroatoms. The topological polar surface area (TPSA) is 46.3 Å². The molecule has 0 radical (unpaired) electrons. The van der Waals surface area contributed by atoms with E-state index in [0.29, 0.717) is 16.8 Å². The molecule has 1 saturated heterocycles. The van der Waals surface area contributed by atoms with Crippen LogP contribution in [0, 0.1) is 5.92 Å². The Bertz CT molecular complexity index is 334. The lowest BCUT2D eigenvalue weighted by molar-refractivity contribution is -0.133. The van der Waals surface area contributed by atoms with Gasteiger partial charge in [0.05, 0.1) is 9.74 Å². The molecule has 2 fully saturated rings. The van der Waals surface area contributed by atoms with Crippen molar-refractivity contribution in [3.63, 3.8) is 0 Å². The van der Waals surface area contributed by atoms with Crippen molar-refractivity contribution in [2.45, 2.75) is 43.3 Å². The van der Waals surface area contributed by atoms with Gasteiger partial charge in [0.2, 0.25) is 5.91 Å².